The largest absolute Gasteiger partial charge is 0.494 e. The molecule has 1 saturated heterocycles. The number of rotatable bonds is 11. The van der Waals surface area contributed by atoms with Crippen LogP contribution >= 0.6 is 12.4 Å². The average molecular weight is 562 g/mol. The molecular formula is C33H36ClNO5. The van der Waals surface area contributed by atoms with Gasteiger partial charge in [-0.2, -0.15) is 0 Å². The SMILES string of the molecule is Cl.c1ccc2cc(COC3CNCCC3c3ccc(OCCCOCc4ccc5c(c4)OCO5)cc3)ccc2c1. The van der Waals surface area contributed by atoms with Gasteiger partial charge in [-0.1, -0.05) is 54.6 Å². The van der Waals surface area contributed by atoms with E-state index in [2.05, 4.69) is 72.0 Å². The van der Waals surface area contributed by atoms with Crippen molar-refractivity contribution < 1.29 is 23.7 Å². The molecule has 0 aliphatic carbocycles. The summed E-state index contributed by atoms with van der Waals surface area (Å²) in [5.74, 6) is 2.83. The van der Waals surface area contributed by atoms with Crippen LogP contribution in [0.25, 0.3) is 10.8 Å². The fourth-order valence-corrected chi connectivity index (χ4v) is 5.30. The van der Waals surface area contributed by atoms with Crippen molar-refractivity contribution in [3.8, 4) is 17.2 Å². The maximum atomic E-state index is 6.45. The molecule has 7 heteroatoms. The predicted octanol–water partition coefficient (Wildman–Crippen LogP) is 6.64. The predicted molar refractivity (Wildman–Crippen MR) is 159 cm³/mol. The Kier molecular flexibility index (Phi) is 9.79. The fraction of sp³-hybridized carbons (Fsp3) is 0.333. The number of piperidine rings is 1. The normalized spacial score (nSPS) is 17.9. The molecule has 210 valence electrons. The Labute approximate surface area is 242 Å². The van der Waals surface area contributed by atoms with Crippen molar-refractivity contribution in [3.63, 3.8) is 0 Å². The van der Waals surface area contributed by atoms with E-state index in [1.165, 1.54) is 21.9 Å². The summed E-state index contributed by atoms with van der Waals surface area (Å²) in [7, 11) is 0. The highest BCUT2D eigenvalue weighted by Gasteiger charge is 2.27. The molecule has 2 atom stereocenters. The van der Waals surface area contributed by atoms with Crippen molar-refractivity contribution in [2.24, 2.45) is 0 Å². The van der Waals surface area contributed by atoms with Crippen LogP contribution in [-0.4, -0.2) is 39.2 Å². The van der Waals surface area contributed by atoms with Crippen LogP contribution in [0.2, 0.25) is 0 Å². The zero-order valence-electron chi connectivity index (χ0n) is 22.6. The van der Waals surface area contributed by atoms with Gasteiger partial charge in [-0.25, -0.2) is 0 Å². The summed E-state index contributed by atoms with van der Waals surface area (Å²) >= 11 is 0. The maximum absolute atomic E-state index is 6.45. The van der Waals surface area contributed by atoms with Crippen molar-refractivity contribution in [2.75, 3.05) is 33.1 Å². The number of halogens is 1. The molecule has 40 heavy (non-hydrogen) atoms. The summed E-state index contributed by atoms with van der Waals surface area (Å²) in [6.45, 7) is 4.57. The lowest BCUT2D eigenvalue weighted by Gasteiger charge is -2.32. The molecule has 0 saturated carbocycles. The molecule has 4 aromatic carbocycles. The molecule has 0 radical (unpaired) electrons. The first kappa shape index (κ1) is 28.2. The monoisotopic (exact) mass is 561 g/mol. The first-order valence-electron chi connectivity index (χ1n) is 13.8. The van der Waals surface area contributed by atoms with E-state index in [0.717, 1.165) is 48.7 Å². The van der Waals surface area contributed by atoms with E-state index in [1.54, 1.807) is 0 Å². The fourth-order valence-electron chi connectivity index (χ4n) is 5.30. The summed E-state index contributed by atoms with van der Waals surface area (Å²) in [6.07, 6.45) is 2.02. The third kappa shape index (κ3) is 7.07. The number of fused-ring (bicyclic) bond motifs is 2. The Bertz CT molecular complexity index is 1380. The highest BCUT2D eigenvalue weighted by atomic mass is 35.5. The van der Waals surface area contributed by atoms with E-state index >= 15 is 0 Å². The molecule has 1 fully saturated rings. The molecule has 2 heterocycles. The lowest BCUT2D eigenvalue weighted by molar-refractivity contribution is 0.0106. The molecule has 2 aliphatic rings. The quantitative estimate of drug-likeness (QED) is 0.207. The van der Waals surface area contributed by atoms with E-state index in [1.807, 2.05) is 18.2 Å². The van der Waals surface area contributed by atoms with Gasteiger partial charge >= 0.3 is 0 Å². The highest BCUT2D eigenvalue weighted by molar-refractivity contribution is 5.85. The smallest absolute Gasteiger partial charge is 0.231 e. The van der Waals surface area contributed by atoms with Crippen LogP contribution in [0.1, 0.15) is 35.4 Å². The second-order valence-corrected chi connectivity index (χ2v) is 10.1. The van der Waals surface area contributed by atoms with Crippen LogP contribution in [0.4, 0.5) is 0 Å². The van der Waals surface area contributed by atoms with E-state index in [-0.39, 0.29) is 25.3 Å². The summed E-state index contributed by atoms with van der Waals surface area (Å²) in [4.78, 5) is 0. The summed E-state index contributed by atoms with van der Waals surface area (Å²) in [6, 6.07) is 29.5. The lowest BCUT2D eigenvalue weighted by Crippen LogP contribution is -2.40. The minimum atomic E-state index is 0. The third-order valence-corrected chi connectivity index (χ3v) is 7.42. The average Bonchev–Trinajstić information content (AvgIpc) is 3.46. The molecule has 6 nitrogen and oxygen atoms in total. The standard InChI is InChI=1S/C33H35NO5.ClH/c1-2-5-28-18-24(6-8-26(28)4-1)22-37-33-20-34-15-14-30(33)27-9-11-29(12-10-27)36-17-3-16-35-21-25-7-13-31-32(19-25)39-23-38-31;/h1-2,4-13,18-19,30,33-34H,3,14-17,20-23H2;1H. The van der Waals surface area contributed by atoms with Gasteiger partial charge in [0.15, 0.2) is 11.5 Å². The van der Waals surface area contributed by atoms with Gasteiger partial charge in [0.25, 0.3) is 0 Å². The molecule has 0 spiro atoms. The number of hydrogen-bond donors (Lipinski definition) is 1. The second kappa shape index (κ2) is 13.9. The molecular weight excluding hydrogens is 526 g/mol. The molecule has 0 aromatic heterocycles. The zero-order chi connectivity index (χ0) is 26.3. The van der Waals surface area contributed by atoms with Gasteiger partial charge in [0.1, 0.15) is 5.75 Å². The molecule has 0 amide bonds. The van der Waals surface area contributed by atoms with Crippen molar-refractivity contribution in [1.82, 2.24) is 5.32 Å². The molecule has 6 rings (SSSR count). The van der Waals surface area contributed by atoms with Crippen LogP contribution in [0.3, 0.4) is 0 Å². The first-order chi connectivity index (χ1) is 19.3. The van der Waals surface area contributed by atoms with Crippen LogP contribution in [-0.2, 0) is 22.7 Å². The Morgan fingerprint density at radius 1 is 0.775 bits per heavy atom. The minimum absolute atomic E-state index is 0. The maximum Gasteiger partial charge on any atom is 0.231 e. The minimum Gasteiger partial charge on any atom is -0.494 e. The van der Waals surface area contributed by atoms with Gasteiger partial charge in [-0.15, -0.1) is 12.4 Å². The van der Waals surface area contributed by atoms with Gasteiger partial charge in [-0.05, 0) is 70.8 Å². The number of benzene rings is 4. The molecule has 2 aliphatic heterocycles. The van der Waals surface area contributed by atoms with Crippen LogP contribution < -0.4 is 19.5 Å². The summed E-state index contributed by atoms with van der Waals surface area (Å²) in [5, 5.41) is 6.02. The van der Waals surface area contributed by atoms with Gasteiger partial charge in [0, 0.05) is 18.9 Å². The third-order valence-electron chi connectivity index (χ3n) is 7.42. The number of ether oxygens (including phenoxy) is 5. The van der Waals surface area contributed by atoms with Crippen molar-refractivity contribution >= 4 is 23.2 Å². The van der Waals surface area contributed by atoms with Gasteiger partial charge in [0.2, 0.25) is 6.79 Å². The molecule has 1 N–H and O–H groups in total. The summed E-state index contributed by atoms with van der Waals surface area (Å²) in [5.41, 5.74) is 3.59. The van der Waals surface area contributed by atoms with Crippen molar-refractivity contribution in [1.29, 1.82) is 0 Å². The Balaban J connectivity index is 0.00000323. The van der Waals surface area contributed by atoms with Crippen LogP contribution in [0.15, 0.2) is 84.9 Å². The van der Waals surface area contributed by atoms with E-state index in [9.17, 15) is 0 Å². The number of hydrogen-bond acceptors (Lipinski definition) is 6. The molecule has 4 aromatic rings. The Morgan fingerprint density at radius 2 is 1.57 bits per heavy atom. The van der Waals surface area contributed by atoms with E-state index < -0.39 is 0 Å². The van der Waals surface area contributed by atoms with Crippen molar-refractivity contribution in [2.45, 2.75) is 38.1 Å². The van der Waals surface area contributed by atoms with Crippen molar-refractivity contribution in [3.05, 3.63) is 102 Å². The highest BCUT2D eigenvalue weighted by Crippen LogP contribution is 2.33. The second-order valence-electron chi connectivity index (χ2n) is 10.1. The van der Waals surface area contributed by atoms with Gasteiger partial charge < -0.3 is 29.0 Å². The van der Waals surface area contributed by atoms with Crippen LogP contribution in [0.5, 0.6) is 17.2 Å². The Hall–Kier alpha value is -3.29. The summed E-state index contributed by atoms with van der Waals surface area (Å²) < 4.78 is 29.0. The lowest BCUT2D eigenvalue weighted by atomic mass is 9.87. The number of nitrogens with one attached hydrogen (secondary N) is 1. The Morgan fingerprint density at radius 3 is 2.48 bits per heavy atom. The topological polar surface area (TPSA) is 58.2 Å². The van der Waals surface area contributed by atoms with Crippen LogP contribution in [0, 0.1) is 0 Å². The van der Waals surface area contributed by atoms with E-state index in [4.69, 9.17) is 23.7 Å². The molecule has 2 unspecified atom stereocenters. The zero-order valence-corrected chi connectivity index (χ0v) is 23.4. The molecule has 0 bridgehead atoms. The van der Waals surface area contributed by atoms with Gasteiger partial charge in [-0.3, -0.25) is 0 Å². The van der Waals surface area contributed by atoms with E-state index in [0.29, 0.717) is 32.3 Å². The first-order valence-corrected chi connectivity index (χ1v) is 13.8. The van der Waals surface area contributed by atoms with Gasteiger partial charge in [0.05, 0.1) is 32.5 Å².